The Morgan fingerprint density at radius 2 is 1.78 bits per heavy atom. The highest BCUT2D eigenvalue weighted by Gasteiger charge is 2.19. The van der Waals surface area contributed by atoms with Gasteiger partial charge in [-0.25, -0.2) is 17.5 Å². The van der Waals surface area contributed by atoms with Gasteiger partial charge in [0.2, 0.25) is 10.0 Å². The second-order valence-corrected chi connectivity index (χ2v) is 8.81. The van der Waals surface area contributed by atoms with Crippen molar-refractivity contribution in [2.45, 2.75) is 5.75 Å². The molecule has 0 spiro atoms. The zero-order chi connectivity index (χ0) is 19.3. The number of piperazine rings is 1. The summed E-state index contributed by atoms with van der Waals surface area (Å²) in [5.74, 6) is -0.297. The molecule has 2 aromatic rings. The number of halogens is 2. The van der Waals surface area contributed by atoms with Crippen molar-refractivity contribution in [3.05, 3.63) is 64.9 Å². The van der Waals surface area contributed by atoms with Gasteiger partial charge in [0.05, 0.1) is 11.4 Å². The minimum atomic E-state index is -3.41. The molecule has 1 aliphatic heterocycles. The van der Waals surface area contributed by atoms with Crippen LogP contribution in [0.1, 0.15) is 5.56 Å². The van der Waals surface area contributed by atoms with Gasteiger partial charge in [-0.15, -0.1) is 0 Å². The molecule has 1 aliphatic rings. The van der Waals surface area contributed by atoms with Gasteiger partial charge in [-0.1, -0.05) is 35.9 Å². The van der Waals surface area contributed by atoms with E-state index in [1.54, 1.807) is 36.4 Å². The Bertz CT molecular complexity index is 871. The Morgan fingerprint density at radius 3 is 2.48 bits per heavy atom. The number of anilines is 1. The second-order valence-electron chi connectivity index (χ2n) is 6.56. The van der Waals surface area contributed by atoms with Crippen LogP contribution in [0.15, 0.2) is 48.5 Å². The van der Waals surface area contributed by atoms with E-state index in [0.717, 1.165) is 26.2 Å². The molecule has 27 heavy (non-hydrogen) atoms. The van der Waals surface area contributed by atoms with Gasteiger partial charge in [0, 0.05) is 44.3 Å². The standard InChI is InChI=1S/C19H23ClFN3O2S/c20-17-5-3-4-16(14-17)15-27(25,26)22-8-9-23-10-12-24(13-11-23)19-7-2-1-6-18(19)21/h1-7,14,22H,8-13,15H2. The summed E-state index contributed by atoms with van der Waals surface area (Å²) in [6.45, 7) is 3.95. The first-order valence-electron chi connectivity index (χ1n) is 8.86. The van der Waals surface area contributed by atoms with Crippen molar-refractivity contribution in [3.8, 4) is 0 Å². The maximum absolute atomic E-state index is 13.9. The van der Waals surface area contributed by atoms with E-state index < -0.39 is 10.0 Å². The number of nitrogens with one attached hydrogen (secondary N) is 1. The van der Waals surface area contributed by atoms with E-state index in [-0.39, 0.29) is 11.6 Å². The average Bonchev–Trinajstić information content (AvgIpc) is 2.62. The van der Waals surface area contributed by atoms with Crippen molar-refractivity contribution in [2.75, 3.05) is 44.2 Å². The van der Waals surface area contributed by atoms with E-state index >= 15 is 0 Å². The van der Waals surface area contributed by atoms with Crippen molar-refractivity contribution in [2.24, 2.45) is 0 Å². The molecule has 0 bridgehead atoms. The summed E-state index contributed by atoms with van der Waals surface area (Å²) in [6.07, 6.45) is 0. The number of sulfonamides is 1. The summed E-state index contributed by atoms with van der Waals surface area (Å²) in [5.41, 5.74) is 1.29. The number of hydrogen-bond acceptors (Lipinski definition) is 4. The molecule has 3 rings (SSSR count). The zero-order valence-corrected chi connectivity index (χ0v) is 16.5. The number of rotatable bonds is 7. The molecule has 1 fully saturated rings. The number of para-hydroxylation sites is 1. The van der Waals surface area contributed by atoms with Gasteiger partial charge >= 0.3 is 0 Å². The maximum atomic E-state index is 13.9. The van der Waals surface area contributed by atoms with Crippen LogP contribution in [0.3, 0.4) is 0 Å². The number of benzene rings is 2. The summed E-state index contributed by atoms with van der Waals surface area (Å²) >= 11 is 5.90. The number of hydrogen-bond donors (Lipinski definition) is 1. The van der Waals surface area contributed by atoms with Crippen LogP contribution in [-0.4, -0.2) is 52.6 Å². The summed E-state index contributed by atoms with van der Waals surface area (Å²) in [4.78, 5) is 4.20. The molecule has 8 heteroatoms. The summed E-state index contributed by atoms with van der Waals surface area (Å²) in [5, 5.41) is 0.524. The molecule has 0 radical (unpaired) electrons. The van der Waals surface area contributed by atoms with Crippen molar-refractivity contribution < 1.29 is 12.8 Å². The molecule has 1 N–H and O–H groups in total. The van der Waals surface area contributed by atoms with Crippen LogP contribution in [0, 0.1) is 5.82 Å². The van der Waals surface area contributed by atoms with Crippen LogP contribution in [0.4, 0.5) is 10.1 Å². The van der Waals surface area contributed by atoms with Crippen LogP contribution in [0.5, 0.6) is 0 Å². The first-order valence-corrected chi connectivity index (χ1v) is 10.9. The molecule has 0 saturated carbocycles. The van der Waals surface area contributed by atoms with Crippen LogP contribution in [0.2, 0.25) is 5.02 Å². The Kier molecular flexibility index (Phi) is 6.70. The monoisotopic (exact) mass is 411 g/mol. The molecule has 2 aromatic carbocycles. The Labute approximate surface area is 164 Å². The van der Waals surface area contributed by atoms with Crippen LogP contribution < -0.4 is 9.62 Å². The molecular formula is C19H23ClFN3O2S. The Hall–Kier alpha value is -1.67. The molecule has 5 nitrogen and oxygen atoms in total. The average molecular weight is 412 g/mol. The van der Waals surface area contributed by atoms with Crippen molar-refractivity contribution in [3.63, 3.8) is 0 Å². The van der Waals surface area contributed by atoms with Gasteiger partial charge in [0.15, 0.2) is 0 Å². The van der Waals surface area contributed by atoms with E-state index in [1.807, 2.05) is 11.0 Å². The van der Waals surface area contributed by atoms with Crippen LogP contribution in [0.25, 0.3) is 0 Å². The van der Waals surface area contributed by atoms with Crippen molar-refractivity contribution in [1.82, 2.24) is 9.62 Å². The molecule has 1 saturated heterocycles. The Balaban J connectivity index is 1.43. The van der Waals surface area contributed by atoms with Gasteiger partial charge < -0.3 is 4.90 Å². The molecule has 146 valence electrons. The summed E-state index contributed by atoms with van der Waals surface area (Å²) < 4.78 is 40.9. The number of nitrogens with zero attached hydrogens (tertiary/aromatic N) is 2. The zero-order valence-electron chi connectivity index (χ0n) is 14.9. The lowest BCUT2D eigenvalue weighted by molar-refractivity contribution is 0.261. The quantitative estimate of drug-likeness (QED) is 0.761. The Morgan fingerprint density at radius 1 is 1.04 bits per heavy atom. The van der Waals surface area contributed by atoms with E-state index in [1.165, 1.54) is 6.07 Å². The molecule has 0 amide bonds. The lowest BCUT2D eigenvalue weighted by atomic mass is 10.2. The highest BCUT2D eigenvalue weighted by Crippen LogP contribution is 2.20. The molecule has 1 heterocycles. The highest BCUT2D eigenvalue weighted by molar-refractivity contribution is 7.88. The second kappa shape index (κ2) is 9.01. The first-order chi connectivity index (χ1) is 12.9. The topological polar surface area (TPSA) is 52.7 Å². The van der Waals surface area contributed by atoms with E-state index in [4.69, 9.17) is 11.6 Å². The maximum Gasteiger partial charge on any atom is 0.215 e. The van der Waals surface area contributed by atoms with Gasteiger partial charge in [0.1, 0.15) is 5.82 Å². The SMILES string of the molecule is O=S(=O)(Cc1cccc(Cl)c1)NCCN1CCN(c2ccccc2F)CC1. The van der Waals surface area contributed by atoms with Gasteiger partial charge in [0.25, 0.3) is 0 Å². The molecular weight excluding hydrogens is 389 g/mol. The summed E-state index contributed by atoms with van der Waals surface area (Å²) in [7, 11) is -3.41. The third-order valence-corrected chi connectivity index (χ3v) is 6.15. The fourth-order valence-electron chi connectivity index (χ4n) is 3.18. The fraction of sp³-hybridized carbons (Fsp3) is 0.368. The smallest absolute Gasteiger partial charge is 0.215 e. The first kappa shape index (κ1) is 20.1. The van der Waals surface area contributed by atoms with Crippen LogP contribution >= 0.6 is 11.6 Å². The van der Waals surface area contributed by atoms with Gasteiger partial charge in [-0.05, 0) is 29.8 Å². The highest BCUT2D eigenvalue weighted by atomic mass is 35.5. The summed E-state index contributed by atoms with van der Waals surface area (Å²) in [6, 6.07) is 13.6. The molecule has 0 aliphatic carbocycles. The third-order valence-electron chi connectivity index (χ3n) is 4.56. The van der Waals surface area contributed by atoms with E-state index in [9.17, 15) is 12.8 Å². The molecule has 0 unspecified atom stereocenters. The van der Waals surface area contributed by atoms with Gasteiger partial charge in [-0.3, -0.25) is 4.90 Å². The van der Waals surface area contributed by atoms with Crippen molar-refractivity contribution >= 4 is 27.3 Å². The third kappa shape index (κ3) is 5.90. The van der Waals surface area contributed by atoms with Crippen LogP contribution in [-0.2, 0) is 15.8 Å². The van der Waals surface area contributed by atoms with Gasteiger partial charge in [-0.2, -0.15) is 0 Å². The minimum Gasteiger partial charge on any atom is -0.367 e. The predicted octanol–water partition coefficient (Wildman–Crippen LogP) is 2.72. The van der Waals surface area contributed by atoms with E-state index in [0.29, 0.717) is 29.4 Å². The predicted molar refractivity (Wildman–Crippen MR) is 107 cm³/mol. The lowest BCUT2D eigenvalue weighted by Crippen LogP contribution is -2.48. The lowest BCUT2D eigenvalue weighted by Gasteiger charge is -2.36. The van der Waals surface area contributed by atoms with Crippen molar-refractivity contribution in [1.29, 1.82) is 0 Å². The molecule has 0 aromatic heterocycles. The molecule has 0 atom stereocenters. The van der Waals surface area contributed by atoms with E-state index in [2.05, 4.69) is 9.62 Å². The fourth-order valence-corrected chi connectivity index (χ4v) is 4.51. The normalized spacial score (nSPS) is 15.9. The largest absolute Gasteiger partial charge is 0.367 e. The minimum absolute atomic E-state index is 0.0887.